The maximum absolute atomic E-state index is 11.8. The van der Waals surface area contributed by atoms with Crippen LogP contribution in [0, 0.1) is 0 Å². The molecule has 4 rings (SSSR count). The summed E-state index contributed by atoms with van der Waals surface area (Å²) in [5, 5.41) is 0. The van der Waals surface area contributed by atoms with Crippen molar-refractivity contribution >= 4 is 28.3 Å². The number of anilines is 1. The number of aromatic amines is 2. The lowest BCUT2D eigenvalue weighted by atomic mass is 10.5. The van der Waals surface area contributed by atoms with Crippen LogP contribution in [0.5, 0.6) is 0 Å². The molecule has 4 N–H and O–H groups in total. The molecule has 0 bridgehead atoms. The molecule has 0 aromatic carbocycles. The Morgan fingerprint density at radius 1 is 0.952 bits per heavy atom. The molecular weight excluding hydrogens is 278 g/mol. The van der Waals surface area contributed by atoms with Gasteiger partial charge in [0.2, 0.25) is 5.95 Å². The minimum atomic E-state index is -0.452. The standard InChI is InChI=1S/C10H7N9O2/c11-10-16-7-5(9(21)17-10)15-3-19(7)18-2-14-4-6(18)12-1-13-8(4)20/h1-3H,(H,12,13,20)(H3,11,16,17,21). The molecule has 0 aliphatic rings. The van der Waals surface area contributed by atoms with E-state index in [9.17, 15) is 9.59 Å². The van der Waals surface area contributed by atoms with Gasteiger partial charge in [0.1, 0.15) is 12.7 Å². The zero-order chi connectivity index (χ0) is 14.6. The van der Waals surface area contributed by atoms with Crippen LogP contribution in [-0.4, -0.2) is 39.3 Å². The predicted molar refractivity (Wildman–Crippen MR) is 71.5 cm³/mol. The zero-order valence-electron chi connectivity index (χ0n) is 10.3. The number of nitrogens with one attached hydrogen (secondary N) is 2. The average molecular weight is 285 g/mol. The third-order valence-electron chi connectivity index (χ3n) is 2.96. The molecule has 0 unspecified atom stereocenters. The monoisotopic (exact) mass is 285 g/mol. The third-order valence-corrected chi connectivity index (χ3v) is 2.96. The minimum absolute atomic E-state index is 0.0375. The average Bonchev–Trinajstić information content (AvgIpc) is 3.03. The summed E-state index contributed by atoms with van der Waals surface area (Å²) in [6.07, 6.45) is 4.01. The van der Waals surface area contributed by atoms with Crippen molar-refractivity contribution in [2.24, 2.45) is 0 Å². The number of nitrogens with two attached hydrogens (primary N) is 1. The summed E-state index contributed by atoms with van der Waals surface area (Å²) in [4.78, 5) is 44.3. The van der Waals surface area contributed by atoms with E-state index in [1.807, 2.05) is 0 Å². The van der Waals surface area contributed by atoms with Gasteiger partial charge in [0.15, 0.2) is 22.3 Å². The van der Waals surface area contributed by atoms with E-state index in [0.29, 0.717) is 5.65 Å². The molecule has 0 spiro atoms. The Hall–Kier alpha value is -3.50. The van der Waals surface area contributed by atoms with E-state index in [2.05, 4.69) is 29.9 Å². The molecule has 11 nitrogen and oxygen atoms in total. The quantitative estimate of drug-likeness (QED) is 0.382. The Balaban J connectivity index is 2.12. The second kappa shape index (κ2) is 3.75. The fraction of sp³-hybridized carbons (Fsp3) is 0. The third kappa shape index (κ3) is 1.47. The van der Waals surface area contributed by atoms with E-state index in [4.69, 9.17) is 5.73 Å². The molecule has 4 heterocycles. The van der Waals surface area contributed by atoms with E-state index < -0.39 is 5.56 Å². The van der Waals surface area contributed by atoms with Crippen LogP contribution in [0.15, 0.2) is 28.6 Å². The van der Waals surface area contributed by atoms with Gasteiger partial charge in [-0.05, 0) is 0 Å². The number of aromatic nitrogens is 8. The zero-order valence-corrected chi connectivity index (χ0v) is 10.3. The highest BCUT2D eigenvalue weighted by atomic mass is 16.1. The minimum Gasteiger partial charge on any atom is -0.369 e. The summed E-state index contributed by atoms with van der Waals surface area (Å²) in [5.41, 5.74) is 5.54. The van der Waals surface area contributed by atoms with Crippen LogP contribution in [0.3, 0.4) is 0 Å². The molecule has 4 aromatic rings. The van der Waals surface area contributed by atoms with Crippen molar-refractivity contribution in [3.8, 4) is 0 Å². The Bertz CT molecular complexity index is 1100. The van der Waals surface area contributed by atoms with Gasteiger partial charge < -0.3 is 10.7 Å². The molecule has 0 atom stereocenters. The van der Waals surface area contributed by atoms with Gasteiger partial charge in [-0.3, -0.25) is 14.6 Å². The van der Waals surface area contributed by atoms with E-state index in [1.54, 1.807) is 0 Å². The van der Waals surface area contributed by atoms with E-state index in [1.165, 1.54) is 28.3 Å². The van der Waals surface area contributed by atoms with Crippen LogP contribution in [0.2, 0.25) is 0 Å². The summed E-state index contributed by atoms with van der Waals surface area (Å²) in [5.74, 6) is -0.0375. The number of H-pyrrole nitrogens is 2. The summed E-state index contributed by atoms with van der Waals surface area (Å²) in [6.45, 7) is 0. The van der Waals surface area contributed by atoms with Gasteiger partial charge in [-0.2, -0.15) is 4.98 Å². The molecule has 21 heavy (non-hydrogen) atoms. The van der Waals surface area contributed by atoms with Crippen LogP contribution in [0.1, 0.15) is 0 Å². The second-order valence-electron chi connectivity index (χ2n) is 4.21. The Morgan fingerprint density at radius 3 is 2.38 bits per heavy atom. The molecule has 11 heteroatoms. The number of imidazole rings is 2. The first-order valence-corrected chi connectivity index (χ1v) is 5.79. The Labute approximate surface area is 114 Å². The first-order chi connectivity index (χ1) is 10.1. The lowest BCUT2D eigenvalue weighted by Gasteiger charge is -2.04. The highest BCUT2D eigenvalue weighted by Crippen LogP contribution is 2.10. The van der Waals surface area contributed by atoms with Crippen LogP contribution in [0.4, 0.5) is 5.95 Å². The van der Waals surface area contributed by atoms with E-state index >= 15 is 0 Å². The van der Waals surface area contributed by atoms with Crippen molar-refractivity contribution in [3.05, 3.63) is 39.7 Å². The summed E-state index contributed by atoms with van der Waals surface area (Å²) >= 11 is 0. The smallest absolute Gasteiger partial charge is 0.280 e. The topological polar surface area (TPSA) is 153 Å². The maximum Gasteiger partial charge on any atom is 0.280 e. The summed E-state index contributed by atoms with van der Waals surface area (Å²) in [6, 6.07) is 0. The van der Waals surface area contributed by atoms with E-state index in [0.717, 1.165) is 0 Å². The molecular formula is C10H7N9O2. The molecule has 0 saturated carbocycles. The predicted octanol–water partition coefficient (Wildman–Crippen LogP) is -1.55. The fourth-order valence-electron chi connectivity index (χ4n) is 2.06. The van der Waals surface area contributed by atoms with Crippen LogP contribution < -0.4 is 16.9 Å². The van der Waals surface area contributed by atoms with Crippen molar-refractivity contribution in [1.82, 2.24) is 39.3 Å². The highest BCUT2D eigenvalue weighted by Gasteiger charge is 2.14. The molecule has 0 fully saturated rings. The number of hydrogen-bond acceptors (Lipinski definition) is 7. The van der Waals surface area contributed by atoms with Crippen molar-refractivity contribution < 1.29 is 0 Å². The molecule has 0 saturated heterocycles. The number of nitrogen functional groups attached to an aromatic ring is 1. The van der Waals surface area contributed by atoms with Gasteiger partial charge in [0, 0.05) is 0 Å². The fourth-order valence-corrected chi connectivity index (χ4v) is 2.06. The van der Waals surface area contributed by atoms with Crippen molar-refractivity contribution in [2.75, 3.05) is 5.73 Å². The van der Waals surface area contributed by atoms with Gasteiger partial charge in [0.05, 0.1) is 6.33 Å². The molecule has 104 valence electrons. The number of rotatable bonds is 1. The normalized spacial score (nSPS) is 11.4. The lowest BCUT2D eigenvalue weighted by Crippen LogP contribution is -2.15. The van der Waals surface area contributed by atoms with E-state index in [-0.39, 0.29) is 28.2 Å². The molecule has 0 radical (unpaired) electrons. The lowest BCUT2D eigenvalue weighted by molar-refractivity contribution is 0.687. The number of nitrogens with zero attached hydrogens (tertiary/aromatic N) is 6. The van der Waals surface area contributed by atoms with Gasteiger partial charge in [0.25, 0.3) is 11.1 Å². The molecule has 4 aromatic heterocycles. The maximum atomic E-state index is 11.8. The number of fused-ring (bicyclic) bond motifs is 2. The largest absolute Gasteiger partial charge is 0.369 e. The first kappa shape index (κ1) is 11.3. The van der Waals surface area contributed by atoms with Gasteiger partial charge in [-0.15, -0.1) is 0 Å². The second-order valence-corrected chi connectivity index (χ2v) is 4.21. The first-order valence-electron chi connectivity index (χ1n) is 5.79. The van der Waals surface area contributed by atoms with Gasteiger partial charge in [-0.25, -0.2) is 24.3 Å². The Kier molecular flexibility index (Phi) is 2.03. The van der Waals surface area contributed by atoms with Gasteiger partial charge >= 0.3 is 0 Å². The summed E-state index contributed by atoms with van der Waals surface area (Å²) < 4.78 is 2.88. The van der Waals surface area contributed by atoms with Gasteiger partial charge in [-0.1, -0.05) is 0 Å². The Morgan fingerprint density at radius 2 is 1.62 bits per heavy atom. The SMILES string of the molecule is Nc1nc2c(ncn2-n2cnc3c(=O)[nH]cnc32)c(=O)[nH]1. The van der Waals surface area contributed by atoms with Crippen molar-refractivity contribution in [1.29, 1.82) is 0 Å². The molecule has 0 aliphatic carbocycles. The van der Waals surface area contributed by atoms with Crippen LogP contribution >= 0.6 is 0 Å². The van der Waals surface area contributed by atoms with Crippen LogP contribution in [0.25, 0.3) is 22.3 Å². The molecule has 0 amide bonds. The summed E-state index contributed by atoms with van der Waals surface area (Å²) in [7, 11) is 0. The molecule has 0 aliphatic heterocycles. The van der Waals surface area contributed by atoms with Crippen molar-refractivity contribution in [3.63, 3.8) is 0 Å². The van der Waals surface area contributed by atoms with Crippen molar-refractivity contribution in [2.45, 2.75) is 0 Å². The van der Waals surface area contributed by atoms with Crippen LogP contribution in [-0.2, 0) is 0 Å². The number of hydrogen-bond donors (Lipinski definition) is 3. The highest BCUT2D eigenvalue weighted by molar-refractivity contribution is 5.73.